The Balaban J connectivity index is 3.29. The molecule has 0 spiro atoms. The number of nitrogens with one attached hydrogen (secondary N) is 2. The largest absolute Gasteiger partial charge is 0.356 e. The molecule has 0 aliphatic rings. The highest BCUT2D eigenvalue weighted by Gasteiger charge is 2.01. The Morgan fingerprint density at radius 1 is 1.18 bits per heavy atom. The van der Waals surface area contributed by atoms with Gasteiger partial charge >= 0.3 is 0 Å². The van der Waals surface area contributed by atoms with Gasteiger partial charge in [0.1, 0.15) is 0 Å². The maximum atomic E-state index is 11.1. The molecule has 0 aromatic heterocycles. The van der Waals surface area contributed by atoms with Crippen LogP contribution in [0.3, 0.4) is 0 Å². The molecule has 0 aromatic carbocycles. The van der Waals surface area contributed by atoms with Crippen LogP contribution in [0.25, 0.3) is 0 Å². The second kappa shape index (κ2) is 11.8. The molecule has 0 aliphatic heterocycles. The third-order valence-electron chi connectivity index (χ3n) is 1.60. The lowest BCUT2D eigenvalue weighted by molar-refractivity contribution is -0.121. The number of rotatable bonds is 9. The number of hydrazone groups is 1. The summed E-state index contributed by atoms with van der Waals surface area (Å²) in [6.07, 6.45) is 2.50. The minimum atomic E-state index is -0.0834. The Morgan fingerprint density at radius 2 is 1.76 bits per heavy atom. The van der Waals surface area contributed by atoms with E-state index in [-0.39, 0.29) is 11.8 Å². The van der Waals surface area contributed by atoms with Crippen LogP contribution in [0.4, 0.5) is 0 Å². The Labute approximate surface area is 110 Å². The standard InChI is InChI=1S/C10H19N3O2S2/c1-3-11-9(14)5-7-16-17-8-6-10(15)13-12-4-2/h4H,3,5-8H2,1-2H3,(H,11,14)(H,13,15)/b12-4+. The fourth-order valence-electron chi connectivity index (χ4n) is 0.865. The third-order valence-corrected chi connectivity index (χ3v) is 4.01. The van der Waals surface area contributed by atoms with Gasteiger partial charge in [-0.2, -0.15) is 5.10 Å². The molecule has 0 rings (SSSR count). The molecule has 0 atom stereocenters. The number of nitrogens with zero attached hydrogens (tertiary/aromatic N) is 1. The van der Waals surface area contributed by atoms with Gasteiger partial charge in [-0.15, -0.1) is 0 Å². The molecule has 0 saturated heterocycles. The topological polar surface area (TPSA) is 70.6 Å². The summed E-state index contributed by atoms with van der Waals surface area (Å²) in [5.41, 5.74) is 2.40. The minimum absolute atomic E-state index is 0.0793. The molecule has 2 amide bonds. The second-order valence-corrected chi connectivity index (χ2v) is 5.72. The summed E-state index contributed by atoms with van der Waals surface area (Å²) in [6, 6.07) is 0. The number of carbonyl (C=O) groups is 2. The van der Waals surface area contributed by atoms with Crippen LogP contribution in [0.5, 0.6) is 0 Å². The van der Waals surface area contributed by atoms with E-state index in [0.29, 0.717) is 19.4 Å². The molecule has 7 heteroatoms. The van der Waals surface area contributed by atoms with Crippen LogP contribution in [0.2, 0.25) is 0 Å². The molecule has 0 heterocycles. The van der Waals surface area contributed by atoms with Crippen molar-refractivity contribution < 1.29 is 9.59 Å². The molecule has 0 fully saturated rings. The summed E-state index contributed by atoms with van der Waals surface area (Å²) in [5, 5.41) is 6.37. The monoisotopic (exact) mass is 277 g/mol. The van der Waals surface area contributed by atoms with Gasteiger partial charge in [-0.25, -0.2) is 5.43 Å². The van der Waals surface area contributed by atoms with E-state index < -0.39 is 0 Å². The van der Waals surface area contributed by atoms with Gasteiger partial charge in [0.2, 0.25) is 11.8 Å². The number of carbonyl (C=O) groups excluding carboxylic acids is 2. The predicted octanol–water partition coefficient (Wildman–Crippen LogP) is 1.41. The molecule has 17 heavy (non-hydrogen) atoms. The first-order valence-corrected chi connectivity index (χ1v) is 7.97. The quantitative estimate of drug-likeness (QED) is 0.289. The van der Waals surface area contributed by atoms with Gasteiger partial charge in [0.15, 0.2) is 0 Å². The van der Waals surface area contributed by atoms with Crippen molar-refractivity contribution in [3.05, 3.63) is 0 Å². The van der Waals surface area contributed by atoms with E-state index in [1.54, 1.807) is 28.5 Å². The maximum Gasteiger partial charge on any atom is 0.240 e. The maximum absolute atomic E-state index is 11.1. The predicted molar refractivity (Wildman–Crippen MR) is 75.1 cm³/mol. The van der Waals surface area contributed by atoms with Crippen molar-refractivity contribution in [1.29, 1.82) is 0 Å². The zero-order valence-electron chi connectivity index (χ0n) is 10.2. The first-order chi connectivity index (χ1) is 8.20. The second-order valence-electron chi connectivity index (χ2n) is 3.02. The minimum Gasteiger partial charge on any atom is -0.356 e. The van der Waals surface area contributed by atoms with E-state index in [1.807, 2.05) is 6.92 Å². The fourth-order valence-corrected chi connectivity index (χ4v) is 2.84. The van der Waals surface area contributed by atoms with Gasteiger partial charge in [-0.1, -0.05) is 21.6 Å². The molecule has 0 unspecified atom stereocenters. The average Bonchev–Trinajstić information content (AvgIpc) is 2.31. The van der Waals surface area contributed by atoms with E-state index >= 15 is 0 Å². The zero-order valence-corrected chi connectivity index (χ0v) is 11.8. The van der Waals surface area contributed by atoms with Crippen LogP contribution in [-0.2, 0) is 9.59 Å². The van der Waals surface area contributed by atoms with Gasteiger partial charge in [-0.3, -0.25) is 9.59 Å². The Bertz CT molecular complexity index is 260. The van der Waals surface area contributed by atoms with Crippen LogP contribution in [0.1, 0.15) is 26.7 Å². The van der Waals surface area contributed by atoms with Gasteiger partial charge in [0.05, 0.1) is 0 Å². The molecule has 0 aromatic rings. The van der Waals surface area contributed by atoms with Crippen molar-refractivity contribution in [1.82, 2.24) is 10.7 Å². The Hall–Kier alpha value is -0.690. The highest BCUT2D eigenvalue weighted by Crippen LogP contribution is 2.22. The van der Waals surface area contributed by atoms with Crippen LogP contribution < -0.4 is 10.7 Å². The normalized spacial score (nSPS) is 10.5. The molecule has 0 bridgehead atoms. The summed E-state index contributed by atoms with van der Waals surface area (Å²) in [5.74, 6) is 1.49. The molecule has 0 radical (unpaired) electrons. The zero-order chi connectivity index (χ0) is 12.9. The van der Waals surface area contributed by atoms with E-state index in [9.17, 15) is 9.59 Å². The number of hydrogen-bond acceptors (Lipinski definition) is 5. The summed E-state index contributed by atoms with van der Waals surface area (Å²) in [6.45, 7) is 4.32. The first-order valence-electron chi connectivity index (χ1n) is 5.48. The lowest BCUT2D eigenvalue weighted by Crippen LogP contribution is -2.22. The van der Waals surface area contributed by atoms with Crippen molar-refractivity contribution in [2.24, 2.45) is 5.10 Å². The van der Waals surface area contributed by atoms with Crippen LogP contribution >= 0.6 is 21.6 Å². The molecule has 2 N–H and O–H groups in total. The van der Waals surface area contributed by atoms with Crippen LogP contribution in [0.15, 0.2) is 5.10 Å². The van der Waals surface area contributed by atoms with Crippen LogP contribution in [-0.4, -0.2) is 36.1 Å². The van der Waals surface area contributed by atoms with Crippen molar-refractivity contribution >= 4 is 39.6 Å². The summed E-state index contributed by atoms with van der Waals surface area (Å²) < 4.78 is 0. The van der Waals surface area contributed by atoms with Crippen molar-refractivity contribution in [3.8, 4) is 0 Å². The molecule has 98 valence electrons. The van der Waals surface area contributed by atoms with E-state index in [0.717, 1.165) is 11.5 Å². The summed E-state index contributed by atoms with van der Waals surface area (Å²) >= 11 is 0. The highest BCUT2D eigenvalue weighted by molar-refractivity contribution is 8.76. The van der Waals surface area contributed by atoms with Gasteiger partial charge < -0.3 is 5.32 Å². The van der Waals surface area contributed by atoms with Gasteiger partial charge in [0, 0.05) is 37.1 Å². The third kappa shape index (κ3) is 11.6. The highest BCUT2D eigenvalue weighted by atomic mass is 33.1. The molecular weight excluding hydrogens is 258 g/mol. The lowest BCUT2D eigenvalue weighted by atomic mass is 10.4. The number of hydrogen-bond donors (Lipinski definition) is 2. The van der Waals surface area contributed by atoms with E-state index in [1.165, 1.54) is 6.21 Å². The SMILES string of the molecule is C/C=N/NC(=O)CCSSCCC(=O)NCC. The molecule has 0 saturated carbocycles. The van der Waals surface area contributed by atoms with E-state index in [4.69, 9.17) is 0 Å². The number of amides is 2. The molecule has 0 aliphatic carbocycles. The average molecular weight is 277 g/mol. The molecular formula is C10H19N3O2S2. The van der Waals surface area contributed by atoms with Gasteiger partial charge in [0.25, 0.3) is 0 Å². The Kier molecular flexibility index (Phi) is 11.3. The van der Waals surface area contributed by atoms with E-state index in [2.05, 4.69) is 15.8 Å². The molecule has 5 nitrogen and oxygen atoms in total. The van der Waals surface area contributed by atoms with Crippen molar-refractivity contribution in [3.63, 3.8) is 0 Å². The summed E-state index contributed by atoms with van der Waals surface area (Å²) in [7, 11) is 3.21. The van der Waals surface area contributed by atoms with Crippen molar-refractivity contribution in [2.75, 3.05) is 18.1 Å². The van der Waals surface area contributed by atoms with Crippen LogP contribution in [0, 0.1) is 0 Å². The summed E-state index contributed by atoms with van der Waals surface area (Å²) in [4.78, 5) is 22.2. The van der Waals surface area contributed by atoms with Crippen molar-refractivity contribution in [2.45, 2.75) is 26.7 Å². The smallest absolute Gasteiger partial charge is 0.240 e. The fraction of sp³-hybridized carbons (Fsp3) is 0.700. The van der Waals surface area contributed by atoms with Gasteiger partial charge in [-0.05, 0) is 13.8 Å². The Morgan fingerprint density at radius 3 is 2.29 bits per heavy atom. The first kappa shape index (κ1) is 16.3. The lowest BCUT2D eigenvalue weighted by Gasteiger charge is -2.02.